The molecule has 21 heavy (non-hydrogen) atoms. The number of aryl methyl sites for hydroxylation is 2. The molecule has 0 aliphatic heterocycles. The summed E-state index contributed by atoms with van der Waals surface area (Å²) in [5, 5.41) is 1.07. The summed E-state index contributed by atoms with van der Waals surface area (Å²) in [5.41, 5.74) is 3.49. The predicted octanol–water partition coefficient (Wildman–Crippen LogP) is 3.57. The van der Waals surface area contributed by atoms with Crippen LogP contribution in [0.3, 0.4) is 0 Å². The van der Waals surface area contributed by atoms with Crippen molar-refractivity contribution in [2.24, 2.45) is 0 Å². The van der Waals surface area contributed by atoms with Crippen LogP contribution in [-0.4, -0.2) is 21.6 Å². The highest BCUT2D eigenvalue weighted by Crippen LogP contribution is 2.33. The summed E-state index contributed by atoms with van der Waals surface area (Å²) in [6.45, 7) is 4.75. The smallest absolute Gasteiger partial charge is 0.222 e. The molecule has 0 fully saturated rings. The molecule has 0 aliphatic carbocycles. The van der Waals surface area contributed by atoms with Crippen molar-refractivity contribution in [3.05, 3.63) is 42.1 Å². The van der Waals surface area contributed by atoms with Crippen LogP contribution in [0.5, 0.6) is 5.88 Å². The zero-order valence-corrected chi connectivity index (χ0v) is 12.2. The Morgan fingerprint density at radius 2 is 2.00 bits per heavy atom. The second-order valence-electron chi connectivity index (χ2n) is 4.87. The third kappa shape index (κ3) is 2.24. The number of hydrogen-bond acceptors (Lipinski definition) is 3. The molecule has 0 aromatic carbocycles. The van der Waals surface area contributed by atoms with Gasteiger partial charge in [0.25, 0.3) is 0 Å². The highest BCUT2D eigenvalue weighted by Gasteiger charge is 2.15. The van der Waals surface area contributed by atoms with Crippen molar-refractivity contribution in [2.75, 3.05) is 7.11 Å². The molecule has 0 saturated carbocycles. The minimum absolute atomic E-state index is 0.381. The summed E-state index contributed by atoms with van der Waals surface area (Å²) in [5.74, 6) is 0.0339. The van der Waals surface area contributed by atoms with Gasteiger partial charge in [-0.15, -0.1) is 0 Å². The predicted molar refractivity (Wildman–Crippen MR) is 79.9 cm³/mol. The molecule has 3 heterocycles. The SMILES string of the molecule is CCn1c(-c2cc(F)cnc2OC)cc2cc(C)ncc21. The number of halogens is 1. The highest BCUT2D eigenvalue weighted by molar-refractivity contribution is 5.87. The summed E-state index contributed by atoms with van der Waals surface area (Å²) in [6.07, 6.45) is 3.00. The molecule has 0 saturated heterocycles. The minimum Gasteiger partial charge on any atom is -0.481 e. The largest absolute Gasteiger partial charge is 0.481 e. The Labute approximate surface area is 122 Å². The Morgan fingerprint density at radius 3 is 2.71 bits per heavy atom. The van der Waals surface area contributed by atoms with Crippen molar-refractivity contribution >= 4 is 10.9 Å². The minimum atomic E-state index is -0.381. The lowest BCUT2D eigenvalue weighted by Crippen LogP contribution is -2.00. The maximum atomic E-state index is 13.6. The van der Waals surface area contributed by atoms with Gasteiger partial charge in [-0.25, -0.2) is 9.37 Å². The zero-order chi connectivity index (χ0) is 15.0. The Balaban J connectivity index is 2.32. The monoisotopic (exact) mass is 285 g/mol. The van der Waals surface area contributed by atoms with Crippen molar-refractivity contribution in [1.82, 2.24) is 14.5 Å². The van der Waals surface area contributed by atoms with Crippen molar-refractivity contribution in [1.29, 1.82) is 0 Å². The molecular weight excluding hydrogens is 269 g/mol. The van der Waals surface area contributed by atoms with Gasteiger partial charge < -0.3 is 9.30 Å². The quantitative estimate of drug-likeness (QED) is 0.738. The van der Waals surface area contributed by atoms with Crippen LogP contribution in [0.25, 0.3) is 22.2 Å². The van der Waals surface area contributed by atoms with Gasteiger partial charge in [0.1, 0.15) is 5.82 Å². The Bertz CT molecular complexity index is 811. The fourth-order valence-corrected chi connectivity index (χ4v) is 2.61. The molecular formula is C16H16FN3O. The van der Waals surface area contributed by atoms with E-state index in [4.69, 9.17) is 4.74 Å². The molecule has 108 valence electrons. The molecule has 3 aromatic rings. The number of rotatable bonds is 3. The molecule has 5 heteroatoms. The highest BCUT2D eigenvalue weighted by atomic mass is 19.1. The van der Waals surface area contributed by atoms with Crippen molar-refractivity contribution in [2.45, 2.75) is 20.4 Å². The Kier molecular flexibility index (Phi) is 3.33. The van der Waals surface area contributed by atoms with E-state index in [1.54, 1.807) is 0 Å². The first kappa shape index (κ1) is 13.5. The Hall–Kier alpha value is -2.43. The fourth-order valence-electron chi connectivity index (χ4n) is 2.61. The van der Waals surface area contributed by atoms with E-state index in [0.717, 1.165) is 35.0 Å². The van der Waals surface area contributed by atoms with Gasteiger partial charge in [0, 0.05) is 17.6 Å². The summed E-state index contributed by atoms with van der Waals surface area (Å²) in [7, 11) is 1.54. The van der Waals surface area contributed by atoms with Gasteiger partial charge in [0.15, 0.2) is 0 Å². The molecule has 3 aromatic heterocycles. The van der Waals surface area contributed by atoms with Gasteiger partial charge in [0.2, 0.25) is 5.88 Å². The second-order valence-corrected chi connectivity index (χ2v) is 4.87. The summed E-state index contributed by atoms with van der Waals surface area (Å²) in [4.78, 5) is 8.35. The molecule has 0 N–H and O–H groups in total. The van der Waals surface area contributed by atoms with Crippen LogP contribution in [0.1, 0.15) is 12.6 Å². The molecule has 0 spiro atoms. The first-order valence-corrected chi connectivity index (χ1v) is 6.79. The number of aromatic nitrogens is 3. The molecule has 0 atom stereocenters. The van der Waals surface area contributed by atoms with Gasteiger partial charge in [-0.1, -0.05) is 0 Å². The molecule has 0 radical (unpaired) electrons. The molecule has 0 aliphatic rings. The molecule has 3 rings (SSSR count). The molecule has 0 unspecified atom stereocenters. The van der Waals surface area contributed by atoms with E-state index in [0.29, 0.717) is 11.4 Å². The van der Waals surface area contributed by atoms with E-state index >= 15 is 0 Å². The van der Waals surface area contributed by atoms with E-state index in [-0.39, 0.29) is 5.82 Å². The van der Waals surface area contributed by atoms with Crippen molar-refractivity contribution in [3.8, 4) is 17.1 Å². The van der Waals surface area contributed by atoms with Crippen molar-refractivity contribution < 1.29 is 9.13 Å². The number of fused-ring (bicyclic) bond motifs is 1. The fraction of sp³-hybridized carbons (Fsp3) is 0.250. The maximum absolute atomic E-state index is 13.6. The first-order chi connectivity index (χ1) is 10.1. The normalized spacial score (nSPS) is 11.0. The topological polar surface area (TPSA) is 39.9 Å². The second kappa shape index (κ2) is 5.16. The number of methoxy groups -OCH3 is 1. The van der Waals surface area contributed by atoms with Crippen molar-refractivity contribution in [3.63, 3.8) is 0 Å². The molecule has 4 nitrogen and oxygen atoms in total. The maximum Gasteiger partial charge on any atom is 0.222 e. The van der Waals surface area contributed by atoms with E-state index in [1.807, 2.05) is 32.2 Å². The van der Waals surface area contributed by atoms with Crippen LogP contribution in [0.4, 0.5) is 4.39 Å². The molecule has 0 amide bonds. The summed E-state index contributed by atoms with van der Waals surface area (Å²) >= 11 is 0. The number of hydrogen-bond donors (Lipinski definition) is 0. The van der Waals surface area contributed by atoms with Crippen LogP contribution in [-0.2, 0) is 6.54 Å². The first-order valence-electron chi connectivity index (χ1n) is 6.79. The van der Waals surface area contributed by atoms with Crippen LogP contribution in [0.2, 0.25) is 0 Å². The van der Waals surface area contributed by atoms with E-state index in [9.17, 15) is 4.39 Å². The number of ether oxygens (including phenoxy) is 1. The standard InChI is InChI=1S/C16H16FN3O/c1-4-20-14(6-11-5-10(2)18-9-15(11)20)13-7-12(17)8-19-16(13)21-3/h5-9H,4H2,1-3H3. The number of nitrogens with zero attached hydrogens (tertiary/aromatic N) is 3. The van der Waals surface area contributed by atoms with Gasteiger partial charge in [-0.05, 0) is 32.0 Å². The lowest BCUT2D eigenvalue weighted by Gasteiger charge is -2.11. The third-order valence-corrected chi connectivity index (χ3v) is 3.53. The van der Waals surface area contributed by atoms with Crippen LogP contribution < -0.4 is 4.74 Å². The zero-order valence-electron chi connectivity index (χ0n) is 12.2. The van der Waals surface area contributed by atoms with Gasteiger partial charge in [-0.2, -0.15) is 0 Å². The van der Waals surface area contributed by atoms with Gasteiger partial charge >= 0.3 is 0 Å². The lowest BCUT2D eigenvalue weighted by molar-refractivity contribution is 0.397. The summed E-state index contributed by atoms with van der Waals surface area (Å²) < 4.78 is 20.9. The van der Waals surface area contributed by atoms with E-state index in [1.165, 1.54) is 13.2 Å². The third-order valence-electron chi connectivity index (χ3n) is 3.53. The summed E-state index contributed by atoms with van der Waals surface area (Å²) in [6, 6.07) is 5.49. The van der Waals surface area contributed by atoms with E-state index < -0.39 is 0 Å². The molecule has 0 bridgehead atoms. The van der Waals surface area contributed by atoms with E-state index in [2.05, 4.69) is 14.5 Å². The van der Waals surface area contributed by atoms with Crippen LogP contribution in [0, 0.1) is 12.7 Å². The lowest BCUT2D eigenvalue weighted by atomic mass is 10.2. The number of pyridine rings is 2. The van der Waals surface area contributed by atoms with Crippen LogP contribution >= 0.6 is 0 Å². The van der Waals surface area contributed by atoms with Crippen LogP contribution in [0.15, 0.2) is 30.6 Å². The average Bonchev–Trinajstić information content (AvgIpc) is 2.84. The Morgan fingerprint density at radius 1 is 1.19 bits per heavy atom. The van der Waals surface area contributed by atoms with Gasteiger partial charge in [0.05, 0.1) is 36.3 Å². The van der Waals surface area contributed by atoms with Gasteiger partial charge in [-0.3, -0.25) is 4.98 Å². The average molecular weight is 285 g/mol.